The van der Waals surface area contributed by atoms with Gasteiger partial charge in [-0.15, -0.1) is 0 Å². The minimum absolute atomic E-state index is 0.0378. The number of methoxy groups -OCH3 is 1. The number of carbonyl (C=O) groups is 1. The number of amides is 1. The summed E-state index contributed by atoms with van der Waals surface area (Å²) in [5, 5.41) is 3.88. The Morgan fingerprint density at radius 2 is 2.05 bits per heavy atom. The molecule has 5 heteroatoms. The van der Waals surface area contributed by atoms with Gasteiger partial charge in [-0.2, -0.15) is 0 Å². The third kappa shape index (κ3) is 3.60. The van der Waals surface area contributed by atoms with E-state index in [0.29, 0.717) is 13.0 Å². The molecular formula is C15H18N2O3. The molecule has 0 saturated heterocycles. The van der Waals surface area contributed by atoms with Crippen molar-refractivity contribution < 1.29 is 14.1 Å². The topological polar surface area (TPSA) is 55.6 Å². The number of ether oxygens (including phenoxy) is 1. The van der Waals surface area contributed by atoms with E-state index >= 15 is 0 Å². The SMILES string of the molecule is COc1ccc(CC(=O)N(C)Cc2cc(C)on2)cc1. The van der Waals surface area contributed by atoms with Gasteiger partial charge >= 0.3 is 0 Å². The molecule has 0 spiro atoms. The number of aryl methyl sites for hydroxylation is 1. The third-order valence-corrected chi connectivity index (χ3v) is 3.02. The first kappa shape index (κ1) is 14.1. The zero-order valence-corrected chi connectivity index (χ0v) is 11.9. The summed E-state index contributed by atoms with van der Waals surface area (Å²) in [6.07, 6.45) is 0.358. The van der Waals surface area contributed by atoms with E-state index in [-0.39, 0.29) is 5.91 Å². The van der Waals surface area contributed by atoms with E-state index in [1.807, 2.05) is 37.3 Å². The zero-order valence-electron chi connectivity index (χ0n) is 11.9. The Kier molecular flexibility index (Phi) is 4.40. The number of carbonyl (C=O) groups excluding carboxylic acids is 1. The van der Waals surface area contributed by atoms with Crippen LogP contribution < -0.4 is 4.74 Å². The molecular weight excluding hydrogens is 256 g/mol. The lowest BCUT2D eigenvalue weighted by molar-refractivity contribution is -0.129. The highest BCUT2D eigenvalue weighted by Crippen LogP contribution is 2.13. The Hall–Kier alpha value is -2.30. The molecule has 1 amide bonds. The van der Waals surface area contributed by atoms with Crippen LogP contribution in [0.25, 0.3) is 0 Å². The number of aromatic nitrogens is 1. The molecule has 0 aliphatic rings. The lowest BCUT2D eigenvalue weighted by Gasteiger charge is -2.15. The lowest BCUT2D eigenvalue weighted by Crippen LogP contribution is -2.27. The van der Waals surface area contributed by atoms with Crippen LogP contribution in [0.5, 0.6) is 5.75 Å². The first-order chi connectivity index (χ1) is 9.58. The average molecular weight is 274 g/mol. The van der Waals surface area contributed by atoms with Crippen LogP contribution in [0.3, 0.4) is 0 Å². The van der Waals surface area contributed by atoms with Crippen LogP contribution in [0.1, 0.15) is 17.0 Å². The van der Waals surface area contributed by atoms with Crippen LogP contribution in [0.15, 0.2) is 34.9 Å². The molecule has 0 radical (unpaired) electrons. The maximum absolute atomic E-state index is 12.1. The second kappa shape index (κ2) is 6.23. The van der Waals surface area contributed by atoms with Crippen LogP contribution in [-0.4, -0.2) is 30.1 Å². The Morgan fingerprint density at radius 1 is 1.35 bits per heavy atom. The highest BCUT2D eigenvalue weighted by molar-refractivity contribution is 5.78. The lowest BCUT2D eigenvalue weighted by atomic mass is 10.1. The van der Waals surface area contributed by atoms with Gasteiger partial charge in [-0.25, -0.2) is 0 Å². The van der Waals surface area contributed by atoms with Gasteiger partial charge in [0.1, 0.15) is 17.2 Å². The fourth-order valence-corrected chi connectivity index (χ4v) is 1.88. The van der Waals surface area contributed by atoms with Crippen molar-refractivity contribution in [1.29, 1.82) is 0 Å². The number of likely N-dealkylation sites (N-methyl/N-ethyl adjacent to an activating group) is 1. The number of hydrogen-bond donors (Lipinski definition) is 0. The molecule has 1 heterocycles. The fraction of sp³-hybridized carbons (Fsp3) is 0.333. The molecule has 2 rings (SSSR count). The number of nitrogens with zero attached hydrogens (tertiary/aromatic N) is 2. The van der Waals surface area contributed by atoms with Crippen molar-refractivity contribution in [3.8, 4) is 5.75 Å². The van der Waals surface area contributed by atoms with E-state index in [2.05, 4.69) is 5.16 Å². The largest absolute Gasteiger partial charge is 0.497 e. The second-order valence-electron chi connectivity index (χ2n) is 4.70. The Balaban J connectivity index is 1.93. The van der Waals surface area contributed by atoms with Crippen LogP contribution >= 0.6 is 0 Å². The summed E-state index contributed by atoms with van der Waals surface area (Å²) in [6, 6.07) is 9.32. The number of rotatable bonds is 5. The molecule has 0 aliphatic carbocycles. The Labute approximate surface area is 118 Å². The van der Waals surface area contributed by atoms with Crippen LogP contribution in [0.2, 0.25) is 0 Å². The Morgan fingerprint density at radius 3 is 2.60 bits per heavy atom. The van der Waals surface area contributed by atoms with Crippen molar-refractivity contribution in [2.45, 2.75) is 19.9 Å². The molecule has 1 aromatic carbocycles. The Bertz CT molecular complexity index is 575. The van der Waals surface area contributed by atoms with Gasteiger partial charge in [-0.3, -0.25) is 4.79 Å². The summed E-state index contributed by atoms with van der Waals surface area (Å²) in [4.78, 5) is 13.8. The van der Waals surface area contributed by atoms with Crippen molar-refractivity contribution in [2.75, 3.05) is 14.2 Å². The van der Waals surface area contributed by atoms with E-state index in [1.54, 1.807) is 19.1 Å². The highest BCUT2D eigenvalue weighted by Gasteiger charge is 2.12. The summed E-state index contributed by atoms with van der Waals surface area (Å²) in [5.41, 5.74) is 1.71. The molecule has 0 aliphatic heterocycles. The van der Waals surface area contributed by atoms with Gasteiger partial charge in [-0.05, 0) is 24.6 Å². The molecule has 0 N–H and O–H groups in total. The van der Waals surface area contributed by atoms with E-state index < -0.39 is 0 Å². The van der Waals surface area contributed by atoms with Gasteiger partial charge in [0.15, 0.2) is 0 Å². The molecule has 0 atom stereocenters. The molecule has 2 aromatic rings. The van der Waals surface area contributed by atoms with E-state index in [9.17, 15) is 4.79 Å². The second-order valence-corrected chi connectivity index (χ2v) is 4.70. The highest BCUT2D eigenvalue weighted by atomic mass is 16.5. The first-order valence-corrected chi connectivity index (χ1v) is 6.37. The standard InChI is InChI=1S/C15H18N2O3/c1-11-8-13(16-20-11)10-17(2)15(18)9-12-4-6-14(19-3)7-5-12/h4-8H,9-10H2,1-3H3. The van der Waals surface area contributed by atoms with E-state index in [4.69, 9.17) is 9.26 Å². The summed E-state index contributed by atoms with van der Waals surface area (Å²) >= 11 is 0. The number of benzene rings is 1. The van der Waals surface area contributed by atoms with E-state index in [1.165, 1.54) is 0 Å². The zero-order chi connectivity index (χ0) is 14.5. The molecule has 0 bridgehead atoms. The summed E-state index contributed by atoms with van der Waals surface area (Å²) in [6.45, 7) is 2.28. The summed E-state index contributed by atoms with van der Waals surface area (Å²) in [5.74, 6) is 1.57. The summed E-state index contributed by atoms with van der Waals surface area (Å²) in [7, 11) is 3.38. The normalized spacial score (nSPS) is 10.3. The first-order valence-electron chi connectivity index (χ1n) is 6.37. The van der Waals surface area contributed by atoms with Gasteiger partial charge in [0.25, 0.3) is 0 Å². The van der Waals surface area contributed by atoms with Gasteiger partial charge < -0.3 is 14.2 Å². The summed E-state index contributed by atoms with van der Waals surface area (Å²) < 4.78 is 10.1. The van der Waals surface area contributed by atoms with Crippen molar-refractivity contribution in [2.24, 2.45) is 0 Å². The van der Waals surface area contributed by atoms with Crippen LogP contribution in [0, 0.1) is 6.92 Å². The van der Waals surface area contributed by atoms with Gasteiger partial charge in [0.2, 0.25) is 5.91 Å². The van der Waals surface area contributed by atoms with Gasteiger partial charge in [0.05, 0.1) is 20.1 Å². The quantitative estimate of drug-likeness (QED) is 0.838. The number of hydrogen-bond acceptors (Lipinski definition) is 4. The van der Waals surface area contributed by atoms with Gasteiger partial charge in [0, 0.05) is 13.1 Å². The van der Waals surface area contributed by atoms with Crippen molar-refractivity contribution in [3.63, 3.8) is 0 Å². The molecule has 0 saturated carbocycles. The molecule has 5 nitrogen and oxygen atoms in total. The smallest absolute Gasteiger partial charge is 0.227 e. The molecule has 20 heavy (non-hydrogen) atoms. The van der Waals surface area contributed by atoms with Crippen molar-refractivity contribution in [3.05, 3.63) is 47.3 Å². The fourth-order valence-electron chi connectivity index (χ4n) is 1.88. The third-order valence-electron chi connectivity index (χ3n) is 3.02. The van der Waals surface area contributed by atoms with Crippen molar-refractivity contribution >= 4 is 5.91 Å². The molecule has 106 valence electrons. The maximum Gasteiger partial charge on any atom is 0.227 e. The monoisotopic (exact) mass is 274 g/mol. The molecule has 0 fully saturated rings. The van der Waals surface area contributed by atoms with Crippen LogP contribution in [0.4, 0.5) is 0 Å². The van der Waals surface area contributed by atoms with Crippen LogP contribution in [-0.2, 0) is 17.8 Å². The molecule has 0 unspecified atom stereocenters. The minimum atomic E-state index is 0.0378. The predicted molar refractivity (Wildman–Crippen MR) is 74.4 cm³/mol. The maximum atomic E-state index is 12.1. The average Bonchev–Trinajstić information content (AvgIpc) is 2.85. The minimum Gasteiger partial charge on any atom is -0.497 e. The van der Waals surface area contributed by atoms with Gasteiger partial charge in [-0.1, -0.05) is 17.3 Å². The van der Waals surface area contributed by atoms with Crippen molar-refractivity contribution in [1.82, 2.24) is 10.1 Å². The predicted octanol–water partition coefficient (Wildman–Crippen LogP) is 2.19. The van der Waals surface area contributed by atoms with E-state index in [0.717, 1.165) is 22.8 Å². The molecule has 1 aromatic heterocycles.